The molecule has 3 aliphatic heterocycles. The molecule has 16 nitrogen and oxygen atoms in total. The predicted octanol–water partition coefficient (Wildman–Crippen LogP) is 10.1. The van der Waals surface area contributed by atoms with E-state index in [1.54, 1.807) is 32.9 Å². The lowest BCUT2D eigenvalue weighted by molar-refractivity contribution is -0.384. The number of nitro benzene ring substituents is 1. The van der Waals surface area contributed by atoms with E-state index >= 15 is 4.39 Å². The molecule has 5 aliphatic rings. The number of fused-ring (bicyclic) bond motifs is 2. The van der Waals surface area contributed by atoms with Crippen LogP contribution in [0, 0.1) is 27.3 Å². The number of aromatic amines is 1. The summed E-state index contributed by atoms with van der Waals surface area (Å²) < 4.78 is 63.8. The minimum Gasteiger partial charge on any atom is -0.489 e. The number of benzene rings is 3. The first-order valence-electron chi connectivity index (χ1n) is 25.1. The molecule has 2 aromatic heterocycles. The Morgan fingerprint density at radius 1 is 1.00 bits per heavy atom. The summed E-state index contributed by atoms with van der Waals surface area (Å²) in [4.78, 5) is 37.8. The zero-order valence-corrected chi connectivity index (χ0v) is 41.8. The lowest BCUT2D eigenvalue weighted by atomic mass is 9.59. The number of rotatable bonds is 13. The fourth-order valence-electron chi connectivity index (χ4n) is 11.9. The van der Waals surface area contributed by atoms with E-state index in [2.05, 4.69) is 67.9 Å². The van der Waals surface area contributed by atoms with Crippen LogP contribution in [-0.4, -0.2) is 89.3 Å². The first-order chi connectivity index (χ1) is 33.9. The topological polar surface area (TPSA) is 201 Å². The highest BCUT2D eigenvalue weighted by atomic mass is 32.2. The van der Waals surface area contributed by atoms with E-state index in [1.807, 2.05) is 0 Å². The summed E-state index contributed by atoms with van der Waals surface area (Å²) in [6.07, 6.45) is 9.98. The molecule has 2 saturated heterocycles. The van der Waals surface area contributed by atoms with Gasteiger partial charge in [-0.2, -0.15) is 4.98 Å². The van der Waals surface area contributed by atoms with Gasteiger partial charge < -0.3 is 34.5 Å². The number of nitrogens with one attached hydrogen (secondary N) is 3. The van der Waals surface area contributed by atoms with Crippen molar-refractivity contribution in [3.8, 4) is 23.1 Å². The zero-order valence-electron chi connectivity index (χ0n) is 41.0. The minimum absolute atomic E-state index is 0.0000287. The number of anilines is 2. The third kappa shape index (κ3) is 9.74. The van der Waals surface area contributed by atoms with Gasteiger partial charge >= 0.3 is 0 Å². The van der Waals surface area contributed by atoms with Crippen molar-refractivity contribution in [2.75, 3.05) is 36.5 Å². The van der Waals surface area contributed by atoms with Crippen molar-refractivity contribution in [3.63, 3.8) is 0 Å². The quantitative estimate of drug-likeness (QED) is 0.0642. The molecule has 2 atom stereocenters. The van der Waals surface area contributed by atoms with Crippen LogP contribution in [0.5, 0.6) is 23.1 Å². The van der Waals surface area contributed by atoms with E-state index in [0.717, 1.165) is 63.1 Å². The number of H-pyrrole nitrogens is 1. The molecule has 2 aliphatic carbocycles. The van der Waals surface area contributed by atoms with Crippen molar-refractivity contribution in [1.82, 2.24) is 19.6 Å². The van der Waals surface area contributed by atoms with E-state index in [-0.39, 0.29) is 75.5 Å². The predicted molar refractivity (Wildman–Crippen MR) is 268 cm³/mol. The monoisotopic (exact) mass is 993 g/mol. The molecule has 18 heteroatoms. The molecule has 5 aromatic rings. The lowest BCUT2D eigenvalue weighted by Crippen LogP contribution is -2.54. The van der Waals surface area contributed by atoms with Crippen molar-refractivity contribution in [2.24, 2.45) is 11.3 Å². The van der Waals surface area contributed by atoms with Crippen LogP contribution >= 0.6 is 0 Å². The van der Waals surface area contributed by atoms with Crippen LogP contribution < -0.4 is 29.1 Å². The van der Waals surface area contributed by atoms with Gasteiger partial charge in [0, 0.05) is 61.3 Å². The number of aromatic nitrogens is 2. The Labute approximate surface area is 413 Å². The Hall–Kier alpha value is -5.98. The van der Waals surface area contributed by atoms with E-state index < -0.39 is 42.9 Å². The van der Waals surface area contributed by atoms with E-state index in [9.17, 15) is 28.4 Å². The molecule has 3 aromatic carbocycles. The fourth-order valence-corrected chi connectivity index (χ4v) is 12.9. The fraction of sp³-hybridized carbons (Fsp3) is 0.509. The number of likely N-dealkylation sites (tertiary alicyclic amines) is 1. The maximum absolute atomic E-state index is 15.0. The second kappa shape index (κ2) is 18.9. The molecule has 0 bridgehead atoms. The van der Waals surface area contributed by atoms with Crippen molar-refractivity contribution < 1.29 is 41.8 Å². The van der Waals surface area contributed by atoms with Gasteiger partial charge in [-0.1, -0.05) is 38.1 Å². The molecule has 0 unspecified atom stereocenters. The number of carbonyl (C=O) groups excluding carboxylic acids is 1. The number of piperidine rings is 1. The maximum atomic E-state index is 15.0. The smallest absolute Gasteiger partial charge is 0.297 e. The molecule has 1 amide bonds. The Morgan fingerprint density at radius 3 is 2.46 bits per heavy atom. The molecule has 1 spiro atoms. The van der Waals surface area contributed by atoms with Crippen molar-refractivity contribution >= 4 is 44.0 Å². The molecular formula is C53H64FN7O9S. The molecule has 71 heavy (non-hydrogen) atoms. The summed E-state index contributed by atoms with van der Waals surface area (Å²) >= 11 is 0. The van der Waals surface area contributed by atoms with Crippen LogP contribution in [-0.2, 0) is 10.0 Å². The minimum atomic E-state index is -4.76. The van der Waals surface area contributed by atoms with E-state index in [4.69, 9.17) is 14.2 Å². The Morgan fingerprint density at radius 2 is 1.75 bits per heavy atom. The van der Waals surface area contributed by atoms with Crippen molar-refractivity contribution in [1.29, 1.82) is 0 Å². The van der Waals surface area contributed by atoms with Crippen LogP contribution in [0.25, 0.3) is 11.0 Å². The van der Waals surface area contributed by atoms with Crippen molar-refractivity contribution in [2.45, 2.75) is 139 Å². The van der Waals surface area contributed by atoms with Crippen LogP contribution in [0.3, 0.4) is 0 Å². The number of hydrogen-bond donors (Lipinski definition) is 4. The van der Waals surface area contributed by atoms with Gasteiger partial charge in [0.25, 0.3) is 27.5 Å². The van der Waals surface area contributed by atoms with Crippen molar-refractivity contribution in [3.05, 3.63) is 99.5 Å². The number of nitrogens with zero attached hydrogens (tertiary/aromatic N) is 4. The summed E-state index contributed by atoms with van der Waals surface area (Å²) in [6.45, 7) is 12.7. The number of halogens is 1. The first-order valence-corrected chi connectivity index (χ1v) is 26.6. The van der Waals surface area contributed by atoms with Gasteiger partial charge in [0.05, 0.1) is 38.5 Å². The summed E-state index contributed by atoms with van der Waals surface area (Å²) in [6, 6.07) is 18.0. The highest BCUT2D eigenvalue weighted by Crippen LogP contribution is 2.54. The molecule has 0 radical (unpaired) electrons. The first kappa shape index (κ1) is 48.6. The third-order valence-electron chi connectivity index (χ3n) is 15.8. The number of nitro groups is 1. The van der Waals surface area contributed by atoms with Crippen LogP contribution in [0.4, 0.5) is 21.5 Å². The molecule has 10 rings (SSSR count). The molecule has 4 N–H and O–H groups in total. The van der Waals surface area contributed by atoms with E-state index in [0.29, 0.717) is 43.7 Å². The van der Waals surface area contributed by atoms with Gasteiger partial charge in [0.2, 0.25) is 0 Å². The summed E-state index contributed by atoms with van der Waals surface area (Å²) in [5.74, 6) is -1.15. The van der Waals surface area contributed by atoms with Gasteiger partial charge in [-0.15, -0.1) is 0 Å². The number of hydrogen-bond acceptors (Lipinski definition) is 13. The molecule has 2 saturated carbocycles. The average molecular weight is 994 g/mol. The Bertz CT molecular complexity index is 2950. The molecular weight excluding hydrogens is 930 g/mol. The highest BCUT2D eigenvalue weighted by Gasteiger charge is 2.50. The average Bonchev–Trinajstić information content (AvgIpc) is 3.96. The number of pyridine rings is 1. The number of carbonyl (C=O) groups is 1. The number of ether oxygens (including phenoxy) is 3. The van der Waals surface area contributed by atoms with Crippen LogP contribution in [0.15, 0.2) is 71.8 Å². The van der Waals surface area contributed by atoms with Gasteiger partial charge in [0.1, 0.15) is 23.8 Å². The number of aliphatic hydroxyl groups is 1. The summed E-state index contributed by atoms with van der Waals surface area (Å²) in [5.41, 5.74) is 2.69. The molecule has 4 fully saturated rings. The number of sulfonamides is 1. The van der Waals surface area contributed by atoms with Crippen LogP contribution in [0.2, 0.25) is 0 Å². The Balaban J connectivity index is 0.897. The van der Waals surface area contributed by atoms with Gasteiger partial charge in [-0.25, -0.2) is 17.5 Å². The summed E-state index contributed by atoms with van der Waals surface area (Å²) in [5, 5.41) is 26.3. The maximum Gasteiger partial charge on any atom is 0.297 e. The second-order valence-corrected chi connectivity index (χ2v) is 23.1. The molecule has 5 heterocycles. The second-order valence-electron chi connectivity index (χ2n) is 21.4. The third-order valence-corrected chi connectivity index (χ3v) is 17.1. The van der Waals surface area contributed by atoms with Gasteiger partial charge in [-0.3, -0.25) is 19.8 Å². The van der Waals surface area contributed by atoms with Crippen LogP contribution in [0.1, 0.15) is 132 Å². The highest BCUT2D eigenvalue weighted by molar-refractivity contribution is 7.90. The SMILES string of the molecule is CC(C)Oc1nc2[nH]cc(F)c2cc1Oc1cc(N2CCC3(CC2)CC(N2CCC[C@H]2c2ccccc2C(C)C)C3)ccc1C(=O)NS(=O)(=O)c1cc2c(c([N+](=O)[O-])c1)N[C@@H](C1CCC(C)(O)CC1)CO2. The lowest BCUT2D eigenvalue weighted by Gasteiger charge is -2.56. The standard InChI is InChI=1S/C53H64FN7O9S/c1-31(2)37-9-6-7-10-38(37)43-11-8-20-60(43)35-27-53(28-35)18-21-59(22-19-53)34-12-13-39(45(23-34)70-47-26-40-41(54)29-55-49(40)57-51(47)69-32(3)4)50(62)58-71(66,67)36-24-44(61(64)65)48-46(25-36)68-30-42(56-48)33-14-16-52(5,63)17-15-33/h6-7,9-10,12-13,23-26,29,31-33,35,42-43,56,63H,8,11,14-22,27-28,30H2,1-5H3,(H,55,57)(H,58,62)/t33?,42-,43+,52?/m1/s1. The summed E-state index contributed by atoms with van der Waals surface area (Å²) in [7, 11) is -4.76. The van der Waals surface area contributed by atoms with E-state index in [1.165, 1.54) is 42.3 Å². The number of amides is 1. The zero-order chi connectivity index (χ0) is 50.0. The Kier molecular flexibility index (Phi) is 12.9. The van der Waals surface area contributed by atoms with Gasteiger partial charge in [0.15, 0.2) is 17.2 Å². The largest absolute Gasteiger partial charge is 0.489 e. The normalized spacial score (nSPS) is 23.6. The van der Waals surface area contributed by atoms with Gasteiger partial charge in [-0.05, 0) is 132 Å². The molecule has 378 valence electrons.